The molecule has 0 fully saturated rings. The molecule has 0 aliphatic rings. The molecule has 0 aliphatic heterocycles. The summed E-state index contributed by atoms with van der Waals surface area (Å²) in [7, 11) is 2.12. The van der Waals surface area contributed by atoms with Crippen LogP contribution in [0.25, 0.3) is 0 Å². The Hall–Kier alpha value is -2.23. The SMILES string of the molecule is COC(=O)C(=NNc1ccc(SC(F)(F)F)cc1)C(=O)OC. The van der Waals surface area contributed by atoms with Crippen LogP contribution in [-0.4, -0.2) is 37.4 Å². The predicted molar refractivity (Wildman–Crippen MR) is 73.4 cm³/mol. The van der Waals surface area contributed by atoms with Gasteiger partial charge in [0.2, 0.25) is 0 Å². The maximum Gasteiger partial charge on any atom is 0.446 e. The first-order valence-electron chi connectivity index (χ1n) is 5.63. The summed E-state index contributed by atoms with van der Waals surface area (Å²) in [5.74, 6) is -2.02. The lowest BCUT2D eigenvalue weighted by atomic mass is 10.3. The number of hydrazone groups is 1. The molecular weight excluding hydrogens is 325 g/mol. The molecule has 0 atom stereocenters. The molecule has 1 rings (SSSR count). The summed E-state index contributed by atoms with van der Waals surface area (Å²) < 4.78 is 45.2. The van der Waals surface area contributed by atoms with Crippen LogP contribution in [0.4, 0.5) is 18.9 Å². The van der Waals surface area contributed by atoms with Crippen molar-refractivity contribution in [3.8, 4) is 0 Å². The number of rotatable bonds is 5. The molecule has 10 heteroatoms. The maximum atomic E-state index is 12.2. The van der Waals surface area contributed by atoms with Gasteiger partial charge in [0.1, 0.15) is 0 Å². The second-order valence-corrected chi connectivity index (χ2v) is 4.77. The van der Waals surface area contributed by atoms with Crippen LogP contribution in [0.5, 0.6) is 0 Å². The number of thioether (sulfide) groups is 1. The van der Waals surface area contributed by atoms with Gasteiger partial charge in [-0.15, -0.1) is 0 Å². The molecule has 0 spiro atoms. The predicted octanol–water partition coefficient (Wildman–Crippen LogP) is 2.41. The standard InChI is InChI=1S/C12H11F3N2O4S/c1-20-10(18)9(11(19)21-2)17-16-7-3-5-8(6-4-7)22-12(13,14)15/h3-6,16H,1-2H3. The molecule has 0 aliphatic carbocycles. The number of hydrogen-bond donors (Lipinski definition) is 1. The Morgan fingerprint density at radius 3 is 2.00 bits per heavy atom. The summed E-state index contributed by atoms with van der Waals surface area (Å²) in [4.78, 5) is 22.6. The topological polar surface area (TPSA) is 77.0 Å². The molecule has 22 heavy (non-hydrogen) atoms. The second-order valence-electron chi connectivity index (χ2n) is 3.63. The molecule has 6 nitrogen and oxygen atoms in total. The van der Waals surface area contributed by atoms with Gasteiger partial charge in [0.05, 0.1) is 19.9 Å². The van der Waals surface area contributed by atoms with Crippen LogP contribution in [0.15, 0.2) is 34.3 Å². The molecule has 0 saturated carbocycles. The van der Waals surface area contributed by atoms with Gasteiger partial charge < -0.3 is 9.47 Å². The van der Waals surface area contributed by atoms with E-state index in [1.165, 1.54) is 24.3 Å². The van der Waals surface area contributed by atoms with Crippen molar-refractivity contribution in [3.05, 3.63) is 24.3 Å². The number of esters is 2. The number of methoxy groups -OCH3 is 2. The molecule has 0 radical (unpaired) electrons. The first-order valence-corrected chi connectivity index (χ1v) is 6.44. The number of halogens is 3. The summed E-state index contributed by atoms with van der Waals surface area (Å²) in [6.45, 7) is 0. The Labute approximate surface area is 127 Å². The fourth-order valence-electron chi connectivity index (χ4n) is 1.22. The van der Waals surface area contributed by atoms with E-state index in [0.717, 1.165) is 14.2 Å². The van der Waals surface area contributed by atoms with Gasteiger partial charge in [-0.05, 0) is 36.0 Å². The Morgan fingerprint density at radius 2 is 1.59 bits per heavy atom. The fourth-order valence-corrected chi connectivity index (χ4v) is 1.76. The van der Waals surface area contributed by atoms with E-state index >= 15 is 0 Å². The maximum absolute atomic E-state index is 12.2. The molecule has 1 aromatic rings. The first kappa shape index (κ1) is 17.8. The molecule has 0 bridgehead atoms. The molecule has 0 saturated heterocycles. The third-order valence-electron chi connectivity index (χ3n) is 2.14. The molecule has 0 heterocycles. The quantitative estimate of drug-likeness (QED) is 0.293. The monoisotopic (exact) mass is 336 g/mol. The van der Waals surface area contributed by atoms with E-state index in [4.69, 9.17) is 0 Å². The van der Waals surface area contributed by atoms with Crippen LogP contribution in [-0.2, 0) is 19.1 Å². The second kappa shape index (κ2) is 7.69. The minimum Gasteiger partial charge on any atom is -0.464 e. The molecule has 1 N–H and O–H groups in total. The summed E-state index contributed by atoms with van der Waals surface area (Å²) in [5.41, 5.74) is -2.37. The molecule has 120 valence electrons. The number of hydrogen-bond acceptors (Lipinski definition) is 7. The number of anilines is 1. The average molecular weight is 336 g/mol. The van der Waals surface area contributed by atoms with Gasteiger partial charge in [0, 0.05) is 4.90 Å². The van der Waals surface area contributed by atoms with Crippen LogP contribution in [0.3, 0.4) is 0 Å². The van der Waals surface area contributed by atoms with Crippen molar-refractivity contribution in [3.63, 3.8) is 0 Å². The summed E-state index contributed by atoms with van der Waals surface area (Å²) in [6.07, 6.45) is 0. The zero-order valence-electron chi connectivity index (χ0n) is 11.4. The molecular formula is C12H11F3N2O4S. The number of benzene rings is 1. The van der Waals surface area contributed by atoms with Crippen LogP contribution in [0.1, 0.15) is 0 Å². The van der Waals surface area contributed by atoms with E-state index in [-0.39, 0.29) is 22.3 Å². The van der Waals surface area contributed by atoms with Crippen molar-refractivity contribution in [1.29, 1.82) is 0 Å². The highest BCUT2D eigenvalue weighted by atomic mass is 32.2. The lowest BCUT2D eigenvalue weighted by Gasteiger charge is -2.07. The minimum absolute atomic E-state index is 0.0109. The summed E-state index contributed by atoms with van der Waals surface area (Å²) in [5, 5.41) is 3.53. The number of alkyl halides is 3. The Balaban J connectivity index is 2.83. The van der Waals surface area contributed by atoms with Gasteiger partial charge in [-0.3, -0.25) is 5.43 Å². The molecule has 1 aromatic carbocycles. The van der Waals surface area contributed by atoms with E-state index in [2.05, 4.69) is 20.0 Å². The third kappa shape index (κ3) is 5.64. The number of carbonyl (C=O) groups excluding carboxylic acids is 2. The van der Waals surface area contributed by atoms with E-state index in [1.54, 1.807) is 0 Å². The lowest BCUT2D eigenvalue weighted by Crippen LogP contribution is -2.27. The largest absolute Gasteiger partial charge is 0.464 e. The van der Waals surface area contributed by atoms with E-state index < -0.39 is 23.2 Å². The van der Waals surface area contributed by atoms with Gasteiger partial charge in [0.15, 0.2) is 0 Å². The average Bonchev–Trinajstić information content (AvgIpc) is 2.46. The first-order chi connectivity index (χ1) is 10.3. The Bertz CT molecular complexity index is 555. The molecule has 0 unspecified atom stereocenters. The Morgan fingerprint density at radius 1 is 1.09 bits per heavy atom. The Kier molecular flexibility index (Phi) is 6.23. The van der Waals surface area contributed by atoms with Crippen LogP contribution >= 0.6 is 11.8 Å². The highest BCUT2D eigenvalue weighted by Gasteiger charge is 2.29. The van der Waals surface area contributed by atoms with Crippen molar-refractivity contribution in [2.75, 3.05) is 19.6 Å². The molecule has 0 amide bonds. The summed E-state index contributed by atoms with van der Waals surface area (Å²) >= 11 is -0.261. The lowest BCUT2D eigenvalue weighted by molar-refractivity contribution is -0.138. The fraction of sp³-hybridized carbons (Fsp3) is 0.250. The van der Waals surface area contributed by atoms with E-state index in [9.17, 15) is 22.8 Å². The number of nitrogens with one attached hydrogen (secondary N) is 1. The van der Waals surface area contributed by atoms with Gasteiger partial charge in [-0.1, -0.05) is 0 Å². The van der Waals surface area contributed by atoms with Crippen molar-refractivity contribution < 1.29 is 32.2 Å². The smallest absolute Gasteiger partial charge is 0.446 e. The highest BCUT2D eigenvalue weighted by molar-refractivity contribution is 8.00. The van der Waals surface area contributed by atoms with Crippen molar-refractivity contribution >= 4 is 35.1 Å². The zero-order chi connectivity index (χ0) is 16.8. The van der Waals surface area contributed by atoms with E-state index in [1.807, 2.05) is 0 Å². The number of ether oxygens (including phenoxy) is 2. The van der Waals surface area contributed by atoms with Gasteiger partial charge >= 0.3 is 17.4 Å². The van der Waals surface area contributed by atoms with Gasteiger partial charge in [-0.2, -0.15) is 18.3 Å². The normalized spacial score (nSPS) is 10.6. The highest BCUT2D eigenvalue weighted by Crippen LogP contribution is 2.36. The zero-order valence-corrected chi connectivity index (χ0v) is 12.2. The molecule has 0 aromatic heterocycles. The van der Waals surface area contributed by atoms with Crippen LogP contribution in [0, 0.1) is 0 Å². The number of carbonyl (C=O) groups is 2. The van der Waals surface area contributed by atoms with Crippen molar-refractivity contribution in [2.45, 2.75) is 10.4 Å². The van der Waals surface area contributed by atoms with Crippen molar-refractivity contribution in [2.24, 2.45) is 5.10 Å². The van der Waals surface area contributed by atoms with Gasteiger partial charge in [0.25, 0.3) is 5.71 Å². The van der Waals surface area contributed by atoms with Crippen LogP contribution < -0.4 is 5.43 Å². The summed E-state index contributed by atoms with van der Waals surface area (Å²) in [6, 6.07) is 5.05. The third-order valence-corrected chi connectivity index (χ3v) is 2.88. The van der Waals surface area contributed by atoms with Crippen molar-refractivity contribution in [1.82, 2.24) is 0 Å². The van der Waals surface area contributed by atoms with E-state index in [0.29, 0.717) is 0 Å². The van der Waals surface area contributed by atoms with Crippen LogP contribution in [0.2, 0.25) is 0 Å². The van der Waals surface area contributed by atoms with Gasteiger partial charge in [-0.25, -0.2) is 9.59 Å². The number of nitrogens with zero attached hydrogens (tertiary/aromatic N) is 1. The minimum atomic E-state index is -4.38.